The molecular weight excluding hydrogens is 603 g/mol. The highest BCUT2D eigenvalue weighted by Gasteiger charge is 2.48. The van der Waals surface area contributed by atoms with Crippen molar-refractivity contribution in [2.24, 2.45) is 23.7 Å². The summed E-state index contributed by atoms with van der Waals surface area (Å²) in [5.74, 6) is 5.31. The molecule has 1 nitrogen and oxygen atoms in total. The minimum Gasteiger partial charge on any atom is -0.310 e. The fourth-order valence-electron chi connectivity index (χ4n) is 12.0. The smallest absolute Gasteiger partial charge is 0.0465 e. The number of anilines is 3. The molecule has 0 aromatic heterocycles. The first-order valence-corrected chi connectivity index (χ1v) is 19.8. The minimum atomic E-state index is -0.118. The van der Waals surface area contributed by atoms with Crippen LogP contribution >= 0.6 is 0 Å². The molecule has 0 spiro atoms. The molecule has 0 saturated heterocycles. The Morgan fingerprint density at radius 3 is 1.78 bits per heavy atom. The minimum absolute atomic E-state index is 0.118. The van der Waals surface area contributed by atoms with E-state index in [1.807, 2.05) is 0 Å². The first-order chi connectivity index (χ1) is 24.5. The van der Waals surface area contributed by atoms with Gasteiger partial charge in [0, 0.05) is 22.5 Å². The summed E-state index contributed by atoms with van der Waals surface area (Å²) in [5.41, 5.74) is 15.0. The fourth-order valence-corrected chi connectivity index (χ4v) is 12.0. The lowest BCUT2D eigenvalue weighted by molar-refractivity contribution is -0.00277. The van der Waals surface area contributed by atoms with Gasteiger partial charge < -0.3 is 4.90 Å². The van der Waals surface area contributed by atoms with Crippen molar-refractivity contribution in [2.45, 2.75) is 95.3 Å². The Morgan fingerprint density at radius 1 is 0.520 bits per heavy atom. The standard InChI is InChI=1S/C49H51N/c1-49(2)46-31-42(24-25-44(46)45-15-9-14-43(48(45)49)36-12-7-4-8-13-36)50(40-20-16-35(17-21-40)34-10-5-3-6-11-34)41-22-18-37(19-23-41)47-38-27-32-26-33(29-38)30-39(47)28-32/h4,7-9,12-25,31-34,38-39,47H,3,5-6,10-11,26-30H2,1-2H3. The third-order valence-corrected chi connectivity index (χ3v) is 14.0. The van der Waals surface area contributed by atoms with Crippen LogP contribution in [0.15, 0.2) is 115 Å². The van der Waals surface area contributed by atoms with Gasteiger partial charge in [0.15, 0.2) is 0 Å². The van der Waals surface area contributed by atoms with Gasteiger partial charge in [-0.1, -0.05) is 112 Å². The Bertz CT molecular complexity index is 1980. The highest BCUT2D eigenvalue weighted by atomic mass is 15.1. The molecule has 5 fully saturated rings. The molecule has 1 heteroatoms. The summed E-state index contributed by atoms with van der Waals surface area (Å²) in [4.78, 5) is 2.53. The Balaban J connectivity index is 1.04. The third-order valence-electron chi connectivity index (χ3n) is 14.0. The molecule has 4 bridgehead atoms. The Hall–Kier alpha value is -4.10. The van der Waals surface area contributed by atoms with Crippen molar-refractivity contribution in [2.75, 3.05) is 4.90 Å². The van der Waals surface area contributed by atoms with Crippen LogP contribution in [0, 0.1) is 23.7 Å². The molecule has 0 unspecified atom stereocenters. The number of nitrogens with zero attached hydrogens (tertiary/aromatic N) is 1. The van der Waals surface area contributed by atoms with Gasteiger partial charge in [0.05, 0.1) is 0 Å². The molecular formula is C49H51N. The largest absolute Gasteiger partial charge is 0.310 e. The van der Waals surface area contributed by atoms with Crippen LogP contribution in [0.4, 0.5) is 17.1 Å². The molecule has 5 aromatic carbocycles. The summed E-state index contributed by atoms with van der Waals surface area (Å²) >= 11 is 0. The van der Waals surface area contributed by atoms with E-state index in [2.05, 4.69) is 134 Å². The molecule has 5 saturated carbocycles. The van der Waals surface area contributed by atoms with Crippen LogP contribution in [-0.2, 0) is 5.41 Å². The second kappa shape index (κ2) is 12.0. The summed E-state index contributed by atoms with van der Waals surface area (Å²) in [6, 6.07) is 44.7. The topological polar surface area (TPSA) is 3.24 Å². The van der Waals surface area contributed by atoms with Gasteiger partial charge in [-0.15, -0.1) is 0 Å². The molecule has 0 aliphatic heterocycles. The van der Waals surface area contributed by atoms with Crippen LogP contribution in [0.2, 0.25) is 0 Å². The van der Waals surface area contributed by atoms with E-state index in [1.54, 1.807) is 5.56 Å². The van der Waals surface area contributed by atoms with E-state index < -0.39 is 0 Å². The van der Waals surface area contributed by atoms with E-state index in [1.165, 1.54) is 120 Å². The van der Waals surface area contributed by atoms with Crippen LogP contribution in [0.5, 0.6) is 0 Å². The van der Waals surface area contributed by atoms with Crippen molar-refractivity contribution in [3.63, 3.8) is 0 Å². The van der Waals surface area contributed by atoms with E-state index in [0.717, 1.165) is 29.6 Å². The number of hydrogen-bond donors (Lipinski definition) is 0. The zero-order valence-electron chi connectivity index (χ0n) is 30.0. The lowest BCUT2D eigenvalue weighted by atomic mass is 9.51. The quantitative estimate of drug-likeness (QED) is 0.176. The van der Waals surface area contributed by atoms with Crippen molar-refractivity contribution in [3.05, 3.63) is 138 Å². The van der Waals surface area contributed by atoms with E-state index in [9.17, 15) is 0 Å². The first-order valence-electron chi connectivity index (χ1n) is 19.8. The lowest BCUT2D eigenvalue weighted by Crippen LogP contribution is -2.43. The summed E-state index contributed by atoms with van der Waals surface area (Å²) in [6.45, 7) is 4.86. The second-order valence-electron chi connectivity index (χ2n) is 17.3. The summed E-state index contributed by atoms with van der Waals surface area (Å²) < 4.78 is 0. The monoisotopic (exact) mass is 653 g/mol. The van der Waals surface area contributed by atoms with Gasteiger partial charge in [-0.3, -0.25) is 0 Å². The zero-order chi connectivity index (χ0) is 33.4. The molecule has 0 atom stereocenters. The molecule has 6 aliphatic rings. The zero-order valence-corrected chi connectivity index (χ0v) is 30.0. The SMILES string of the molecule is CC1(C)c2cc(N(c3ccc(C4CCCCC4)cc3)c3ccc(C4C5CC6CC(C5)CC4C6)cc3)ccc2-c2cccc(-c3ccccc3)c21. The molecule has 5 aromatic rings. The molecule has 252 valence electrons. The number of fused-ring (bicyclic) bond motifs is 3. The highest BCUT2D eigenvalue weighted by molar-refractivity contribution is 5.90. The molecule has 11 rings (SSSR count). The van der Waals surface area contributed by atoms with Gasteiger partial charge in [-0.2, -0.15) is 0 Å². The van der Waals surface area contributed by atoms with Crippen LogP contribution in [0.3, 0.4) is 0 Å². The van der Waals surface area contributed by atoms with E-state index >= 15 is 0 Å². The maximum absolute atomic E-state index is 2.53. The average Bonchev–Trinajstić information content (AvgIpc) is 3.38. The molecule has 0 N–H and O–H groups in total. The van der Waals surface area contributed by atoms with Gasteiger partial charge >= 0.3 is 0 Å². The first kappa shape index (κ1) is 30.7. The summed E-state index contributed by atoms with van der Waals surface area (Å²) in [6.07, 6.45) is 14.2. The van der Waals surface area contributed by atoms with E-state index in [4.69, 9.17) is 0 Å². The van der Waals surface area contributed by atoms with Crippen LogP contribution in [0.1, 0.15) is 112 Å². The summed E-state index contributed by atoms with van der Waals surface area (Å²) in [7, 11) is 0. The molecule has 6 aliphatic carbocycles. The Morgan fingerprint density at radius 2 is 1.12 bits per heavy atom. The van der Waals surface area contributed by atoms with Crippen molar-refractivity contribution >= 4 is 17.1 Å². The van der Waals surface area contributed by atoms with Crippen LogP contribution in [0.25, 0.3) is 22.3 Å². The third kappa shape index (κ3) is 5.02. The van der Waals surface area contributed by atoms with Crippen molar-refractivity contribution in [3.8, 4) is 22.3 Å². The van der Waals surface area contributed by atoms with E-state index in [-0.39, 0.29) is 5.41 Å². The van der Waals surface area contributed by atoms with Crippen molar-refractivity contribution < 1.29 is 0 Å². The lowest BCUT2D eigenvalue weighted by Gasteiger charge is -2.54. The van der Waals surface area contributed by atoms with Crippen molar-refractivity contribution in [1.82, 2.24) is 0 Å². The predicted molar refractivity (Wildman–Crippen MR) is 210 cm³/mol. The molecule has 50 heavy (non-hydrogen) atoms. The van der Waals surface area contributed by atoms with E-state index in [0.29, 0.717) is 5.92 Å². The predicted octanol–water partition coefficient (Wildman–Crippen LogP) is 13.7. The highest BCUT2D eigenvalue weighted by Crippen LogP contribution is 2.60. The van der Waals surface area contributed by atoms with Crippen LogP contribution < -0.4 is 4.90 Å². The molecule has 0 amide bonds. The average molecular weight is 654 g/mol. The number of benzene rings is 5. The van der Waals surface area contributed by atoms with Crippen molar-refractivity contribution in [1.29, 1.82) is 0 Å². The Kier molecular flexibility index (Phi) is 7.37. The molecule has 0 radical (unpaired) electrons. The van der Waals surface area contributed by atoms with Gasteiger partial charge in [0.2, 0.25) is 0 Å². The number of hydrogen-bond acceptors (Lipinski definition) is 1. The fraction of sp³-hybridized carbons (Fsp3) is 0.388. The van der Waals surface area contributed by atoms with Gasteiger partial charge in [-0.05, 0) is 161 Å². The van der Waals surface area contributed by atoms with Gasteiger partial charge in [-0.25, -0.2) is 0 Å². The molecule has 0 heterocycles. The van der Waals surface area contributed by atoms with Gasteiger partial charge in [0.25, 0.3) is 0 Å². The maximum atomic E-state index is 2.53. The summed E-state index contributed by atoms with van der Waals surface area (Å²) in [5, 5.41) is 0. The number of rotatable bonds is 6. The van der Waals surface area contributed by atoms with Crippen LogP contribution in [-0.4, -0.2) is 0 Å². The maximum Gasteiger partial charge on any atom is 0.0465 e. The van der Waals surface area contributed by atoms with Gasteiger partial charge in [0.1, 0.15) is 0 Å². The Labute approximate surface area is 299 Å². The second-order valence-corrected chi connectivity index (χ2v) is 17.3. The normalized spacial score (nSPS) is 26.1.